The van der Waals surface area contributed by atoms with Crippen molar-refractivity contribution in [2.45, 2.75) is 26.3 Å². The highest BCUT2D eigenvalue weighted by Gasteiger charge is 2.22. The van der Waals surface area contributed by atoms with Crippen molar-refractivity contribution in [3.05, 3.63) is 66.5 Å². The van der Waals surface area contributed by atoms with Crippen molar-refractivity contribution < 1.29 is 9.59 Å². The molecule has 0 spiro atoms. The van der Waals surface area contributed by atoms with Crippen LogP contribution in [0, 0.1) is 0 Å². The van der Waals surface area contributed by atoms with Gasteiger partial charge in [-0.1, -0.05) is 55.5 Å². The Balaban J connectivity index is 1.89. The number of hydrogen-bond acceptors (Lipinski definition) is 4. The number of para-hydroxylation sites is 1. The van der Waals surface area contributed by atoms with Gasteiger partial charge in [0, 0.05) is 12.1 Å². The Labute approximate surface area is 163 Å². The van der Waals surface area contributed by atoms with Crippen molar-refractivity contribution in [1.29, 1.82) is 0 Å². The SMILES string of the molecule is CCCNC(=O)C(C)NC(=O)c1nc(-c2ccccc2)n(-c2ccccc2)n1. The molecule has 7 heteroatoms. The van der Waals surface area contributed by atoms with Crippen LogP contribution >= 0.6 is 0 Å². The van der Waals surface area contributed by atoms with Crippen molar-refractivity contribution >= 4 is 11.8 Å². The molecule has 0 radical (unpaired) electrons. The predicted molar refractivity (Wildman–Crippen MR) is 107 cm³/mol. The largest absolute Gasteiger partial charge is 0.354 e. The first kappa shape index (κ1) is 19.3. The Bertz CT molecular complexity index is 881. The zero-order valence-corrected chi connectivity index (χ0v) is 15.9. The zero-order chi connectivity index (χ0) is 19.9. The molecule has 2 aromatic carbocycles. The van der Waals surface area contributed by atoms with Crippen molar-refractivity contribution in [2.75, 3.05) is 6.54 Å². The summed E-state index contributed by atoms with van der Waals surface area (Å²) in [6, 6.07) is 18.3. The highest BCUT2D eigenvalue weighted by atomic mass is 16.2. The highest BCUT2D eigenvalue weighted by Crippen LogP contribution is 2.20. The molecule has 3 rings (SSSR count). The molecular weight excluding hydrogens is 354 g/mol. The third-order valence-corrected chi connectivity index (χ3v) is 4.13. The minimum Gasteiger partial charge on any atom is -0.354 e. The van der Waals surface area contributed by atoms with E-state index in [9.17, 15) is 9.59 Å². The molecular formula is C21H23N5O2. The van der Waals surface area contributed by atoms with Gasteiger partial charge in [0.1, 0.15) is 6.04 Å². The number of aromatic nitrogens is 3. The summed E-state index contributed by atoms with van der Waals surface area (Å²) in [5, 5.41) is 9.81. The number of carbonyl (C=O) groups excluding carboxylic acids is 2. The van der Waals surface area contributed by atoms with E-state index in [-0.39, 0.29) is 11.7 Å². The Hall–Kier alpha value is -3.48. The van der Waals surface area contributed by atoms with E-state index >= 15 is 0 Å². The monoisotopic (exact) mass is 377 g/mol. The number of carbonyl (C=O) groups is 2. The second-order valence-corrected chi connectivity index (χ2v) is 6.36. The van der Waals surface area contributed by atoms with E-state index in [1.54, 1.807) is 11.6 Å². The number of nitrogens with one attached hydrogen (secondary N) is 2. The second kappa shape index (κ2) is 8.94. The number of amides is 2. The van der Waals surface area contributed by atoms with E-state index in [4.69, 9.17) is 0 Å². The molecule has 7 nitrogen and oxygen atoms in total. The third kappa shape index (κ3) is 4.43. The maximum Gasteiger partial charge on any atom is 0.291 e. The van der Waals surface area contributed by atoms with Gasteiger partial charge in [-0.25, -0.2) is 9.67 Å². The quantitative estimate of drug-likeness (QED) is 0.662. The van der Waals surface area contributed by atoms with Crippen LogP contribution in [0.2, 0.25) is 0 Å². The first-order valence-electron chi connectivity index (χ1n) is 9.26. The van der Waals surface area contributed by atoms with Crippen LogP contribution in [0.3, 0.4) is 0 Å². The van der Waals surface area contributed by atoms with Crippen molar-refractivity contribution in [3.8, 4) is 17.1 Å². The zero-order valence-electron chi connectivity index (χ0n) is 15.9. The summed E-state index contributed by atoms with van der Waals surface area (Å²) in [5.41, 5.74) is 1.63. The standard InChI is InChI=1S/C21H23N5O2/c1-3-14-22-20(27)15(2)23-21(28)18-24-19(16-10-6-4-7-11-16)26(25-18)17-12-8-5-9-13-17/h4-13,15H,3,14H2,1-2H3,(H,22,27)(H,23,28). The average Bonchev–Trinajstić information content (AvgIpc) is 3.19. The van der Waals surface area contributed by atoms with Crippen LogP contribution in [-0.2, 0) is 4.79 Å². The molecule has 2 N–H and O–H groups in total. The molecule has 0 aliphatic rings. The van der Waals surface area contributed by atoms with E-state index < -0.39 is 11.9 Å². The van der Waals surface area contributed by atoms with Gasteiger partial charge in [0.05, 0.1) is 5.69 Å². The van der Waals surface area contributed by atoms with Gasteiger partial charge in [-0.15, -0.1) is 5.10 Å². The maximum atomic E-state index is 12.6. The molecule has 144 valence electrons. The molecule has 2 amide bonds. The van der Waals surface area contributed by atoms with E-state index in [1.165, 1.54) is 0 Å². The third-order valence-electron chi connectivity index (χ3n) is 4.13. The minimum absolute atomic E-state index is 0.0119. The Morgan fingerprint density at radius 3 is 2.32 bits per heavy atom. The summed E-state index contributed by atoms with van der Waals surface area (Å²) < 4.78 is 1.63. The van der Waals surface area contributed by atoms with Crippen LogP contribution in [0.1, 0.15) is 30.9 Å². The lowest BCUT2D eigenvalue weighted by Crippen LogP contribution is -2.45. The molecule has 3 aromatic rings. The molecule has 0 bridgehead atoms. The lowest BCUT2D eigenvalue weighted by atomic mass is 10.2. The molecule has 1 heterocycles. The van der Waals surface area contributed by atoms with Crippen LogP contribution in [0.25, 0.3) is 17.1 Å². The first-order chi connectivity index (χ1) is 13.6. The summed E-state index contributed by atoms with van der Waals surface area (Å²) in [6.07, 6.45) is 0.829. The highest BCUT2D eigenvalue weighted by molar-refractivity contribution is 5.95. The Morgan fingerprint density at radius 2 is 1.68 bits per heavy atom. The van der Waals surface area contributed by atoms with Crippen molar-refractivity contribution in [2.24, 2.45) is 0 Å². The van der Waals surface area contributed by atoms with Crippen LogP contribution in [0.5, 0.6) is 0 Å². The number of rotatable bonds is 7. The molecule has 1 aromatic heterocycles. The first-order valence-corrected chi connectivity index (χ1v) is 9.26. The Morgan fingerprint density at radius 1 is 1.04 bits per heavy atom. The van der Waals surface area contributed by atoms with Crippen LogP contribution < -0.4 is 10.6 Å². The van der Waals surface area contributed by atoms with Gasteiger partial charge in [-0.05, 0) is 25.5 Å². The fraction of sp³-hybridized carbons (Fsp3) is 0.238. The summed E-state index contributed by atoms with van der Waals surface area (Å²) in [5.74, 6) is -0.162. The van der Waals surface area contributed by atoms with Crippen LogP contribution in [0.4, 0.5) is 0 Å². The van der Waals surface area contributed by atoms with E-state index in [2.05, 4.69) is 20.7 Å². The Kier molecular flexibility index (Phi) is 6.16. The van der Waals surface area contributed by atoms with E-state index in [0.29, 0.717) is 12.4 Å². The van der Waals surface area contributed by atoms with Gasteiger partial charge in [0.15, 0.2) is 5.82 Å². The van der Waals surface area contributed by atoms with Crippen molar-refractivity contribution in [1.82, 2.24) is 25.4 Å². The molecule has 0 fully saturated rings. The number of benzene rings is 2. The molecule has 28 heavy (non-hydrogen) atoms. The van der Waals surface area contributed by atoms with Gasteiger partial charge < -0.3 is 10.6 Å². The molecule has 1 atom stereocenters. The molecule has 0 aliphatic heterocycles. The number of nitrogens with zero attached hydrogens (tertiary/aromatic N) is 3. The predicted octanol–water partition coefficient (Wildman–Crippen LogP) is 2.58. The van der Waals surface area contributed by atoms with Crippen LogP contribution in [0.15, 0.2) is 60.7 Å². The molecule has 1 unspecified atom stereocenters. The number of hydrogen-bond donors (Lipinski definition) is 2. The average molecular weight is 377 g/mol. The molecule has 0 aliphatic carbocycles. The summed E-state index contributed by atoms with van der Waals surface area (Å²) in [7, 11) is 0. The van der Waals surface area contributed by atoms with Gasteiger partial charge in [0.25, 0.3) is 5.91 Å². The van der Waals surface area contributed by atoms with Crippen LogP contribution in [-0.4, -0.2) is 39.2 Å². The molecule has 0 saturated carbocycles. The van der Waals surface area contributed by atoms with Gasteiger partial charge in [-0.2, -0.15) is 0 Å². The van der Waals surface area contributed by atoms with Gasteiger partial charge >= 0.3 is 0 Å². The van der Waals surface area contributed by atoms with Gasteiger partial charge in [0.2, 0.25) is 11.7 Å². The van der Waals surface area contributed by atoms with E-state index in [1.807, 2.05) is 67.6 Å². The smallest absolute Gasteiger partial charge is 0.291 e. The minimum atomic E-state index is -0.678. The summed E-state index contributed by atoms with van der Waals surface area (Å²) in [4.78, 5) is 29.1. The topological polar surface area (TPSA) is 88.9 Å². The fourth-order valence-electron chi connectivity index (χ4n) is 2.66. The lowest BCUT2D eigenvalue weighted by molar-refractivity contribution is -0.122. The summed E-state index contributed by atoms with van der Waals surface area (Å²) in [6.45, 7) is 4.17. The maximum absolute atomic E-state index is 12.6. The second-order valence-electron chi connectivity index (χ2n) is 6.36. The fourth-order valence-corrected chi connectivity index (χ4v) is 2.66. The summed E-state index contributed by atoms with van der Waals surface area (Å²) >= 11 is 0. The molecule has 0 saturated heterocycles. The normalized spacial score (nSPS) is 11.6. The van der Waals surface area contributed by atoms with Gasteiger partial charge in [-0.3, -0.25) is 9.59 Å². The van der Waals surface area contributed by atoms with Crippen molar-refractivity contribution in [3.63, 3.8) is 0 Å². The van der Waals surface area contributed by atoms with E-state index in [0.717, 1.165) is 17.7 Å². The lowest BCUT2D eigenvalue weighted by Gasteiger charge is -2.12.